The van der Waals surface area contributed by atoms with Crippen molar-refractivity contribution in [2.24, 2.45) is 0 Å². The summed E-state index contributed by atoms with van der Waals surface area (Å²) >= 11 is 1.12. The van der Waals surface area contributed by atoms with Crippen molar-refractivity contribution >= 4 is 33.5 Å². The highest BCUT2D eigenvalue weighted by molar-refractivity contribution is 7.15. The molecule has 0 aliphatic carbocycles. The van der Waals surface area contributed by atoms with E-state index in [1.165, 1.54) is 16.6 Å². The number of amides is 1. The minimum Gasteiger partial charge on any atom is -0.304 e. The third-order valence-corrected chi connectivity index (χ3v) is 5.75. The first kappa shape index (κ1) is 17.4. The van der Waals surface area contributed by atoms with Crippen molar-refractivity contribution in [3.05, 3.63) is 87.5 Å². The Bertz CT molecular complexity index is 1400. The Morgan fingerprint density at radius 3 is 2.59 bits per heavy atom. The fourth-order valence-corrected chi connectivity index (χ4v) is 4.41. The molecule has 3 heterocycles. The van der Waals surface area contributed by atoms with Gasteiger partial charge in [-0.2, -0.15) is 9.50 Å². The van der Waals surface area contributed by atoms with Crippen molar-refractivity contribution < 1.29 is 9.18 Å². The molecule has 0 unspecified atom stereocenters. The summed E-state index contributed by atoms with van der Waals surface area (Å²) in [6, 6.07) is 13.1. The molecule has 1 amide bonds. The minimum absolute atomic E-state index is 0.244. The molecule has 4 aromatic rings. The summed E-state index contributed by atoms with van der Waals surface area (Å²) < 4.78 is 14.6. The molecule has 0 atom stereocenters. The molecule has 0 saturated heterocycles. The van der Waals surface area contributed by atoms with Crippen LogP contribution in [0.2, 0.25) is 0 Å². The molecule has 0 saturated carbocycles. The lowest BCUT2D eigenvalue weighted by Gasteiger charge is -2.13. The van der Waals surface area contributed by atoms with Crippen LogP contribution in [-0.2, 0) is 4.79 Å². The van der Waals surface area contributed by atoms with Crippen molar-refractivity contribution in [3.63, 3.8) is 0 Å². The van der Waals surface area contributed by atoms with Gasteiger partial charge in [-0.05, 0) is 30.3 Å². The number of halogens is 1. The average Bonchev–Trinajstić information content (AvgIpc) is 3.35. The van der Waals surface area contributed by atoms with Gasteiger partial charge in [-0.25, -0.2) is 4.39 Å². The maximum Gasteiger partial charge on any atom is 0.291 e. The number of nitrogens with zero attached hydrogens (tertiary/aromatic N) is 4. The van der Waals surface area contributed by atoms with Crippen LogP contribution in [0.3, 0.4) is 0 Å². The lowest BCUT2D eigenvalue weighted by atomic mass is 10.1. The molecule has 0 N–H and O–H groups in total. The van der Waals surface area contributed by atoms with Crippen LogP contribution in [0.5, 0.6) is 0 Å². The van der Waals surface area contributed by atoms with E-state index in [0.717, 1.165) is 17.0 Å². The number of hydrogen-bond donors (Lipinski definition) is 0. The van der Waals surface area contributed by atoms with Crippen molar-refractivity contribution in [3.8, 4) is 11.4 Å². The molecule has 2 aromatic heterocycles. The Balaban J connectivity index is 1.72. The highest BCUT2D eigenvalue weighted by Gasteiger charge is 2.33. The largest absolute Gasteiger partial charge is 0.304 e. The average molecular weight is 404 g/mol. The van der Waals surface area contributed by atoms with Gasteiger partial charge in [0.05, 0.1) is 11.3 Å². The number of rotatable bonds is 3. The Morgan fingerprint density at radius 2 is 1.86 bits per heavy atom. The molecule has 8 heteroatoms. The number of carbonyl (C=O) groups excluding carboxylic acids is 1. The molecular formula is C21H13FN4O2S. The van der Waals surface area contributed by atoms with E-state index in [0.29, 0.717) is 38.6 Å². The fraction of sp³-hybridized carbons (Fsp3) is 0.0476. The smallest absolute Gasteiger partial charge is 0.291 e. The molecule has 5 rings (SSSR count). The van der Waals surface area contributed by atoms with Crippen LogP contribution in [0.15, 0.2) is 66.0 Å². The topological polar surface area (TPSA) is 67.6 Å². The number of aromatic nitrogens is 3. The Hall–Kier alpha value is -3.65. The lowest BCUT2D eigenvalue weighted by Crippen LogP contribution is -2.32. The van der Waals surface area contributed by atoms with Gasteiger partial charge in [0, 0.05) is 17.7 Å². The van der Waals surface area contributed by atoms with Crippen molar-refractivity contribution in [2.75, 3.05) is 11.4 Å². The number of hydrogen-bond acceptors (Lipinski definition) is 5. The molecule has 0 radical (unpaired) electrons. The van der Waals surface area contributed by atoms with Crippen LogP contribution in [0.25, 0.3) is 21.9 Å². The second-order valence-electron chi connectivity index (χ2n) is 6.47. The van der Waals surface area contributed by atoms with Crippen molar-refractivity contribution in [1.29, 1.82) is 0 Å². The number of carbonyl (C=O) groups is 1. The van der Waals surface area contributed by atoms with Crippen LogP contribution in [0, 0.1) is 5.82 Å². The maximum atomic E-state index is 13.1. The van der Waals surface area contributed by atoms with Gasteiger partial charge in [-0.15, -0.1) is 11.7 Å². The number of para-hydroxylation sites is 1. The number of thiazole rings is 1. The molecule has 0 bridgehead atoms. The fourth-order valence-electron chi connectivity index (χ4n) is 3.42. The van der Waals surface area contributed by atoms with E-state index in [1.807, 2.05) is 24.3 Å². The Labute approximate surface area is 167 Å². The van der Waals surface area contributed by atoms with Gasteiger partial charge in [0.25, 0.3) is 11.5 Å². The van der Waals surface area contributed by atoms with Crippen molar-refractivity contribution in [2.45, 2.75) is 0 Å². The predicted octanol–water partition coefficient (Wildman–Crippen LogP) is 2.41. The van der Waals surface area contributed by atoms with Gasteiger partial charge in [0.1, 0.15) is 10.3 Å². The second kappa shape index (κ2) is 6.46. The van der Waals surface area contributed by atoms with E-state index >= 15 is 0 Å². The number of fused-ring (bicyclic) bond motifs is 2. The van der Waals surface area contributed by atoms with Crippen LogP contribution in [0.1, 0.15) is 5.56 Å². The molecule has 0 spiro atoms. The minimum atomic E-state index is -0.399. The zero-order valence-electron chi connectivity index (χ0n) is 15.0. The first-order chi connectivity index (χ1) is 14.1. The molecular weight excluding hydrogens is 391 g/mol. The SMILES string of the molecule is C=CCN1C(=O)/C(=c2/sc3nc(-c4ccc(F)cc4)nn3c2=O)c2ccccc21. The molecule has 0 fully saturated rings. The lowest BCUT2D eigenvalue weighted by molar-refractivity contribution is -0.112. The second-order valence-corrected chi connectivity index (χ2v) is 7.45. The first-order valence-corrected chi connectivity index (χ1v) is 9.62. The van der Waals surface area contributed by atoms with Gasteiger partial charge in [0.15, 0.2) is 5.82 Å². The van der Waals surface area contributed by atoms with Crippen LogP contribution in [0.4, 0.5) is 10.1 Å². The third kappa shape index (κ3) is 2.60. The first-order valence-electron chi connectivity index (χ1n) is 8.80. The normalized spacial score (nSPS) is 15.2. The summed E-state index contributed by atoms with van der Waals surface area (Å²) in [5.74, 6) is -0.275. The highest BCUT2D eigenvalue weighted by atomic mass is 32.1. The molecule has 29 heavy (non-hydrogen) atoms. The standard InChI is InChI=1S/C21H13FN4O2S/c1-2-11-25-15-6-4-3-5-14(15)16(19(25)27)17-20(28)26-21(29-17)23-18(24-26)12-7-9-13(22)10-8-12/h2-10H,1,11H2/b17-16+. The van der Waals surface area contributed by atoms with Gasteiger partial charge < -0.3 is 4.90 Å². The summed E-state index contributed by atoms with van der Waals surface area (Å²) in [5, 5.41) is 4.27. The molecule has 2 aromatic carbocycles. The van der Waals surface area contributed by atoms with Crippen LogP contribution >= 0.6 is 11.3 Å². The Morgan fingerprint density at radius 1 is 1.10 bits per heavy atom. The molecule has 142 valence electrons. The third-order valence-electron chi connectivity index (χ3n) is 4.72. The maximum absolute atomic E-state index is 13.1. The summed E-state index contributed by atoms with van der Waals surface area (Å²) in [4.78, 5) is 32.4. The monoisotopic (exact) mass is 404 g/mol. The van der Waals surface area contributed by atoms with E-state index in [2.05, 4.69) is 16.7 Å². The van der Waals surface area contributed by atoms with Crippen molar-refractivity contribution in [1.82, 2.24) is 14.6 Å². The van der Waals surface area contributed by atoms with Gasteiger partial charge in [0.2, 0.25) is 4.96 Å². The zero-order valence-corrected chi connectivity index (χ0v) is 15.8. The molecule has 6 nitrogen and oxygen atoms in total. The van der Waals surface area contributed by atoms with E-state index in [9.17, 15) is 14.0 Å². The van der Waals surface area contributed by atoms with Crippen LogP contribution in [-0.4, -0.2) is 27.0 Å². The summed E-state index contributed by atoms with van der Waals surface area (Å²) in [6.45, 7) is 4.06. The molecule has 1 aliphatic heterocycles. The Kier molecular flexibility index (Phi) is 3.88. The summed E-state index contributed by atoms with van der Waals surface area (Å²) in [6.07, 6.45) is 1.65. The zero-order chi connectivity index (χ0) is 20.1. The van der Waals surface area contributed by atoms with E-state index < -0.39 is 5.56 Å². The predicted molar refractivity (Wildman–Crippen MR) is 109 cm³/mol. The summed E-state index contributed by atoms with van der Waals surface area (Å²) in [5.41, 5.74) is 2.02. The van der Waals surface area contributed by atoms with E-state index in [4.69, 9.17) is 0 Å². The highest BCUT2D eigenvalue weighted by Crippen LogP contribution is 2.35. The van der Waals surface area contributed by atoms with Gasteiger partial charge in [-0.1, -0.05) is 35.6 Å². The quantitative estimate of drug-likeness (QED) is 0.492. The summed E-state index contributed by atoms with van der Waals surface area (Å²) in [7, 11) is 0. The van der Waals surface area contributed by atoms with E-state index in [-0.39, 0.29) is 11.7 Å². The molecule has 1 aliphatic rings. The van der Waals surface area contributed by atoms with Gasteiger partial charge in [-0.3, -0.25) is 9.59 Å². The van der Waals surface area contributed by atoms with Crippen LogP contribution < -0.4 is 15.0 Å². The van der Waals surface area contributed by atoms with E-state index in [1.54, 1.807) is 23.1 Å². The number of anilines is 1. The number of benzene rings is 2. The van der Waals surface area contributed by atoms with Gasteiger partial charge >= 0.3 is 0 Å².